The topological polar surface area (TPSA) is 131 Å². The molecule has 0 aliphatic carbocycles. The van der Waals surface area contributed by atoms with Gasteiger partial charge < -0.3 is 26.1 Å². The van der Waals surface area contributed by atoms with E-state index in [2.05, 4.69) is 44.6 Å². The Kier molecular flexibility index (Phi) is 5.85. The molecule has 1 aromatic carbocycles. The number of rotatable bonds is 5. The van der Waals surface area contributed by atoms with Gasteiger partial charge in [0.15, 0.2) is 5.82 Å². The van der Waals surface area contributed by atoms with Gasteiger partial charge in [0.1, 0.15) is 11.5 Å². The quantitative estimate of drug-likeness (QED) is 0.358. The van der Waals surface area contributed by atoms with Crippen molar-refractivity contribution >= 4 is 28.1 Å². The molecule has 5 N–H and O–H groups in total. The summed E-state index contributed by atoms with van der Waals surface area (Å²) >= 11 is 0. The van der Waals surface area contributed by atoms with Crippen LogP contribution in [0.3, 0.4) is 0 Å². The van der Waals surface area contributed by atoms with Crippen LogP contribution in [0.15, 0.2) is 47.5 Å². The predicted octanol–water partition coefficient (Wildman–Crippen LogP) is 3.49. The van der Waals surface area contributed by atoms with E-state index in [-0.39, 0.29) is 17.3 Å². The molecule has 1 fully saturated rings. The monoisotopic (exact) mass is 457 g/mol. The fraction of sp³-hybridized carbons (Fsp3) is 0.280. The first-order valence-corrected chi connectivity index (χ1v) is 11.3. The van der Waals surface area contributed by atoms with Crippen LogP contribution < -0.4 is 26.7 Å². The number of piperidine rings is 1. The van der Waals surface area contributed by atoms with Crippen LogP contribution in [-0.2, 0) is 0 Å². The first-order chi connectivity index (χ1) is 16.5. The Hall–Kier alpha value is -3.98. The summed E-state index contributed by atoms with van der Waals surface area (Å²) in [6.07, 6.45) is 5.44. The van der Waals surface area contributed by atoms with Crippen molar-refractivity contribution in [1.29, 1.82) is 0 Å². The normalized spacial score (nSPS) is 14.3. The molecule has 4 aromatic rings. The number of H-pyrrole nitrogens is 1. The molecule has 5 rings (SSSR count). The lowest BCUT2D eigenvalue weighted by Crippen LogP contribution is -2.26. The van der Waals surface area contributed by atoms with E-state index >= 15 is 0 Å². The summed E-state index contributed by atoms with van der Waals surface area (Å²) in [6.45, 7) is 4.23. The summed E-state index contributed by atoms with van der Waals surface area (Å²) in [7, 11) is 1.49. The van der Waals surface area contributed by atoms with E-state index in [1.54, 1.807) is 18.5 Å². The molecule has 1 aliphatic heterocycles. The van der Waals surface area contributed by atoms with Gasteiger partial charge in [-0.25, -0.2) is 15.0 Å². The number of nitrogen functional groups attached to an aromatic ring is 1. The van der Waals surface area contributed by atoms with Crippen molar-refractivity contribution < 1.29 is 4.74 Å². The predicted molar refractivity (Wildman–Crippen MR) is 134 cm³/mol. The first-order valence-electron chi connectivity index (χ1n) is 11.3. The molecule has 0 spiro atoms. The number of fused-ring (bicyclic) bond motifs is 1. The summed E-state index contributed by atoms with van der Waals surface area (Å²) in [5.74, 6) is 1.44. The third kappa shape index (κ3) is 4.17. The third-order valence-electron chi connectivity index (χ3n) is 6.29. The SMILES string of the molecule is COc1nc(-c2cc3cc[nH]c(=O)c3c(Nc3ccc(C4CCNCC4)c(C)c3)n2)cnc1N. The van der Waals surface area contributed by atoms with Gasteiger partial charge in [0, 0.05) is 11.9 Å². The van der Waals surface area contributed by atoms with Gasteiger partial charge in [-0.2, -0.15) is 0 Å². The van der Waals surface area contributed by atoms with Crippen molar-refractivity contribution in [3.05, 3.63) is 64.2 Å². The maximum Gasteiger partial charge on any atom is 0.259 e. The Morgan fingerprint density at radius 2 is 1.94 bits per heavy atom. The number of methoxy groups -OCH3 is 1. The summed E-state index contributed by atoms with van der Waals surface area (Å²) in [5.41, 5.74) is 10.1. The number of aryl methyl sites for hydroxylation is 1. The molecule has 0 atom stereocenters. The molecule has 9 nitrogen and oxygen atoms in total. The molecule has 4 heterocycles. The number of aromatic nitrogens is 4. The molecular weight excluding hydrogens is 430 g/mol. The summed E-state index contributed by atoms with van der Waals surface area (Å²) in [5, 5.41) is 7.99. The number of nitrogens with zero attached hydrogens (tertiary/aromatic N) is 3. The lowest BCUT2D eigenvalue weighted by molar-refractivity contribution is 0.399. The maximum atomic E-state index is 12.7. The highest BCUT2D eigenvalue weighted by Crippen LogP contribution is 2.32. The van der Waals surface area contributed by atoms with Crippen LogP contribution in [0.5, 0.6) is 5.88 Å². The Bertz CT molecular complexity index is 1410. The highest BCUT2D eigenvalue weighted by Gasteiger charge is 2.18. The average molecular weight is 458 g/mol. The number of hydrogen-bond donors (Lipinski definition) is 4. The third-order valence-corrected chi connectivity index (χ3v) is 6.29. The van der Waals surface area contributed by atoms with Crippen molar-refractivity contribution in [3.8, 4) is 17.3 Å². The zero-order valence-corrected chi connectivity index (χ0v) is 19.2. The number of ether oxygens (including phenoxy) is 1. The summed E-state index contributed by atoms with van der Waals surface area (Å²) in [6, 6.07) is 9.98. The highest BCUT2D eigenvalue weighted by atomic mass is 16.5. The van der Waals surface area contributed by atoms with Crippen LogP contribution in [0, 0.1) is 6.92 Å². The van der Waals surface area contributed by atoms with Crippen molar-refractivity contribution in [2.24, 2.45) is 0 Å². The lowest BCUT2D eigenvalue weighted by atomic mass is 9.87. The lowest BCUT2D eigenvalue weighted by Gasteiger charge is -2.25. The molecule has 1 aliphatic rings. The average Bonchev–Trinajstić information content (AvgIpc) is 2.85. The fourth-order valence-corrected chi connectivity index (χ4v) is 4.57. The minimum Gasteiger partial charge on any atom is -0.478 e. The Balaban J connectivity index is 1.56. The number of anilines is 3. The van der Waals surface area contributed by atoms with E-state index in [1.165, 1.54) is 18.2 Å². The molecule has 0 saturated carbocycles. The Morgan fingerprint density at radius 1 is 1.12 bits per heavy atom. The second-order valence-electron chi connectivity index (χ2n) is 8.50. The number of aromatic amines is 1. The number of nitrogens with two attached hydrogens (primary N) is 1. The standard InChI is InChI=1S/C25H27N7O2/c1-14-11-17(3-4-18(14)15-5-8-27-9-6-15)30-23-21-16(7-10-28-24(21)33)12-19(31-23)20-13-29-22(26)25(32-20)34-2/h3-4,7,10-13,15,27H,5-6,8-9H2,1-2H3,(H2,26,29)(H,28,33)(H,30,31). The van der Waals surface area contributed by atoms with E-state index in [9.17, 15) is 4.79 Å². The van der Waals surface area contributed by atoms with Crippen molar-refractivity contribution in [3.63, 3.8) is 0 Å². The Labute approximate surface area is 196 Å². The number of benzene rings is 1. The van der Waals surface area contributed by atoms with Crippen LogP contribution in [0.1, 0.15) is 29.9 Å². The minimum absolute atomic E-state index is 0.200. The second-order valence-corrected chi connectivity index (χ2v) is 8.50. The zero-order chi connectivity index (χ0) is 23.7. The number of pyridine rings is 2. The molecule has 0 radical (unpaired) electrons. The van der Waals surface area contributed by atoms with Gasteiger partial charge in [-0.15, -0.1) is 0 Å². The second kappa shape index (κ2) is 9.11. The molecule has 0 unspecified atom stereocenters. The van der Waals surface area contributed by atoms with Gasteiger partial charge in [-0.05, 0) is 79.6 Å². The van der Waals surface area contributed by atoms with Crippen LogP contribution in [0.2, 0.25) is 0 Å². The van der Waals surface area contributed by atoms with Gasteiger partial charge in [0.25, 0.3) is 11.4 Å². The zero-order valence-electron chi connectivity index (χ0n) is 19.2. The molecule has 1 saturated heterocycles. The summed E-state index contributed by atoms with van der Waals surface area (Å²) in [4.78, 5) is 28.8. The molecule has 0 amide bonds. The van der Waals surface area contributed by atoms with Crippen molar-refractivity contribution in [1.82, 2.24) is 25.3 Å². The van der Waals surface area contributed by atoms with Crippen LogP contribution in [0.4, 0.5) is 17.3 Å². The van der Waals surface area contributed by atoms with Gasteiger partial charge in [0.05, 0.1) is 24.4 Å². The number of nitrogens with one attached hydrogen (secondary N) is 3. The molecular formula is C25H27N7O2. The largest absolute Gasteiger partial charge is 0.478 e. The van der Waals surface area contributed by atoms with Crippen molar-refractivity contribution in [2.45, 2.75) is 25.7 Å². The van der Waals surface area contributed by atoms with Gasteiger partial charge in [-0.3, -0.25) is 4.79 Å². The van der Waals surface area contributed by atoms with E-state index in [1.807, 2.05) is 12.1 Å². The fourth-order valence-electron chi connectivity index (χ4n) is 4.57. The minimum atomic E-state index is -0.219. The van der Waals surface area contributed by atoms with E-state index in [0.717, 1.165) is 37.0 Å². The Morgan fingerprint density at radius 3 is 2.71 bits per heavy atom. The molecule has 3 aromatic heterocycles. The molecule has 0 bridgehead atoms. The number of hydrogen-bond acceptors (Lipinski definition) is 8. The van der Waals surface area contributed by atoms with Gasteiger partial charge in [-0.1, -0.05) is 6.07 Å². The summed E-state index contributed by atoms with van der Waals surface area (Å²) < 4.78 is 5.21. The van der Waals surface area contributed by atoms with Crippen LogP contribution in [0.25, 0.3) is 22.2 Å². The molecule has 9 heteroatoms. The van der Waals surface area contributed by atoms with Gasteiger partial charge >= 0.3 is 0 Å². The first kappa shape index (κ1) is 21.8. The smallest absolute Gasteiger partial charge is 0.259 e. The van der Waals surface area contributed by atoms with E-state index in [4.69, 9.17) is 15.5 Å². The van der Waals surface area contributed by atoms with Gasteiger partial charge in [0.2, 0.25) is 0 Å². The molecule has 174 valence electrons. The van der Waals surface area contributed by atoms with Crippen LogP contribution >= 0.6 is 0 Å². The van der Waals surface area contributed by atoms with Crippen LogP contribution in [-0.4, -0.2) is 40.1 Å². The molecule has 34 heavy (non-hydrogen) atoms. The van der Waals surface area contributed by atoms with Crippen molar-refractivity contribution in [2.75, 3.05) is 31.2 Å². The highest BCUT2D eigenvalue weighted by molar-refractivity contribution is 5.95. The van der Waals surface area contributed by atoms with E-state index in [0.29, 0.717) is 28.5 Å². The maximum absolute atomic E-state index is 12.7. The van der Waals surface area contributed by atoms with E-state index < -0.39 is 0 Å².